The number of nitrogens with zero attached hydrogens (tertiary/aromatic N) is 1. The van der Waals surface area contributed by atoms with Gasteiger partial charge in [-0.25, -0.2) is 0 Å². The number of nitrogens with one attached hydrogen (secondary N) is 1. The van der Waals surface area contributed by atoms with Gasteiger partial charge in [-0.1, -0.05) is 61.2 Å². The number of benzene rings is 1. The normalized spacial score (nSPS) is 18.8. The van der Waals surface area contributed by atoms with Crippen molar-refractivity contribution >= 4 is 11.7 Å². The average molecular weight is 289 g/mol. The van der Waals surface area contributed by atoms with Crippen LogP contribution in [0.1, 0.15) is 50.1 Å². The zero-order valence-electron chi connectivity index (χ0n) is 12.2. The molecular weight excluding hydrogens is 266 g/mol. The van der Waals surface area contributed by atoms with Crippen LogP contribution in [0.4, 0.5) is 0 Å². The van der Waals surface area contributed by atoms with Gasteiger partial charge < -0.3 is 16.3 Å². The van der Waals surface area contributed by atoms with Crippen molar-refractivity contribution in [3.63, 3.8) is 0 Å². The highest BCUT2D eigenvalue weighted by Gasteiger charge is 2.25. The molecule has 0 aromatic heterocycles. The molecule has 4 N–H and O–H groups in total. The van der Waals surface area contributed by atoms with Gasteiger partial charge in [0.05, 0.1) is 0 Å². The number of carbonyl (C=O) groups is 1. The van der Waals surface area contributed by atoms with Gasteiger partial charge in [0.25, 0.3) is 0 Å². The molecule has 1 saturated carbocycles. The van der Waals surface area contributed by atoms with Crippen molar-refractivity contribution in [3.05, 3.63) is 35.9 Å². The number of amides is 1. The van der Waals surface area contributed by atoms with Crippen LogP contribution in [0.2, 0.25) is 0 Å². The lowest BCUT2D eigenvalue weighted by atomic mass is 9.98. The molecule has 21 heavy (non-hydrogen) atoms. The molecule has 1 aliphatic rings. The maximum absolute atomic E-state index is 12.5. The van der Waals surface area contributed by atoms with Crippen molar-refractivity contribution in [3.8, 4) is 0 Å². The number of nitrogens with two attached hydrogens (primary N) is 1. The van der Waals surface area contributed by atoms with E-state index < -0.39 is 6.04 Å². The first-order valence-corrected chi connectivity index (χ1v) is 7.55. The predicted octanol–water partition coefficient (Wildman–Crippen LogP) is 2.56. The number of hydrogen-bond donors (Lipinski definition) is 3. The third-order valence-corrected chi connectivity index (χ3v) is 4.06. The van der Waals surface area contributed by atoms with Gasteiger partial charge in [-0.2, -0.15) is 0 Å². The molecule has 1 amide bonds. The maximum atomic E-state index is 12.5. The van der Waals surface area contributed by atoms with E-state index in [1.165, 1.54) is 12.8 Å². The lowest BCUT2D eigenvalue weighted by molar-refractivity contribution is -0.125. The summed E-state index contributed by atoms with van der Waals surface area (Å²) in [6.07, 6.45) is 6.43. The highest BCUT2D eigenvalue weighted by atomic mass is 16.4. The minimum Gasteiger partial charge on any atom is -0.409 e. The molecule has 0 heterocycles. The summed E-state index contributed by atoms with van der Waals surface area (Å²) in [5.41, 5.74) is 6.56. The molecule has 0 radical (unpaired) electrons. The SMILES string of the molecule is NC(=NO)C(NC(=O)C1CCCCCC1)c1ccccc1. The monoisotopic (exact) mass is 289 g/mol. The first-order chi connectivity index (χ1) is 10.2. The van der Waals surface area contributed by atoms with Crippen molar-refractivity contribution < 1.29 is 10.0 Å². The Kier molecular flexibility index (Phi) is 5.60. The largest absolute Gasteiger partial charge is 0.409 e. The maximum Gasteiger partial charge on any atom is 0.223 e. The average Bonchev–Trinajstić information content (AvgIpc) is 2.82. The molecule has 0 spiro atoms. The van der Waals surface area contributed by atoms with Gasteiger partial charge in [-0.3, -0.25) is 4.79 Å². The molecule has 1 atom stereocenters. The summed E-state index contributed by atoms with van der Waals surface area (Å²) in [6.45, 7) is 0. The third-order valence-electron chi connectivity index (χ3n) is 4.06. The molecule has 1 aromatic rings. The minimum atomic E-state index is -0.577. The van der Waals surface area contributed by atoms with Gasteiger partial charge in [-0.05, 0) is 18.4 Å². The van der Waals surface area contributed by atoms with E-state index in [9.17, 15) is 4.79 Å². The van der Waals surface area contributed by atoms with E-state index in [-0.39, 0.29) is 17.7 Å². The van der Waals surface area contributed by atoms with Gasteiger partial charge in [0.1, 0.15) is 6.04 Å². The fraction of sp³-hybridized carbons (Fsp3) is 0.500. The van der Waals surface area contributed by atoms with E-state index in [0.717, 1.165) is 31.2 Å². The van der Waals surface area contributed by atoms with E-state index in [0.29, 0.717) is 0 Å². The molecule has 0 bridgehead atoms. The van der Waals surface area contributed by atoms with Crippen LogP contribution in [0.25, 0.3) is 0 Å². The Balaban J connectivity index is 2.09. The van der Waals surface area contributed by atoms with Crippen LogP contribution in [0.3, 0.4) is 0 Å². The zero-order chi connectivity index (χ0) is 15.1. The highest BCUT2D eigenvalue weighted by molar-refractivity contribution is 5.91. The van der Waals surface area contributed by atoms with Crippen molar-refractivity contribution in [1.82, 2.24) is 5.32 Å². The Morgan fingerprint density at radius 3 is 2.38 bits per heavy atom. The lowest BCUT2D eigenvalue weighted by Crippen LogP contribution is -2.40. The second-order valence-electron chi connectivity index (χ2n) is 5.57. The Morgan fingerprint density at radius 1 is 1.19 bits per heavy atom. The molecule has 2 rings (SSSR count). The summed E-state index contributed by atoms with van der Waals surface area (Å²) in [5.74, 6) is 0.0331. The molecule has 1 aromatic carbocycles. The van der Waals surface area contributed by atoms with E-state index >= 15 is 0 Å². The predicted molar refractivity (Wildman–Crippen MR) is 81.9 cm³/mol. The Morgan fingerprint density at radius 2 is 1.81 bits per heavy atom. The molecule has 5 heteroatoms. The number of hydrogen-bond acceptors (Lipinski definition) is 3. The van der Waals surface area contributed by atoms with Crippen molar-refractivity contribution in [2.75, 3.05) is 0 Å². The Labute approximate surface area is 125 Å². The van der Waals surface area contributed by atoms with Crippen molar-refractivity contribution in [2.24, 2.45) is 16.8 Å². The van der Waals surface area contributed by atoms with Crippen LogP contribution in [0.5, 0.6) is 0 Å². The molecule has 5 nitrogen and oxygen atoms in total. The Bertz CT molecular complexity index is 480. The molecule has 1 fully saturated rings. The summed E-state index contributed by atoms with van der Waals surface area (Å²) in [6, 6.07) is 8.76. The fourth-order valence-electron chi connectivity index (χ4n) is 2.83. The number of amidine groups is 1. The Hall–Kier alpha value is -2.04. The third kappa shape index (κ3) is 4.21. The molecule has 114 valence electrons. The molecule has 1 aliphatic carbocycles. The first-order valence-electron chi connectivity index (χ1n) is 7.55. The number of oxime groups is 1. The number of carbonyl (C=O) groups excluding carboxylic acids is 1. The van der Waals surface area contributed by atoms with E-state index in [2.05, 4.69) is 10.5 Å². The molecular formula is C16H23N3O2. The van der Waals surface area contributed by atoms with E-state index in [4.69, 9.17) is 10.9 Å². The van der Waals surface area contributed by atoms with E-state index in [1.54, 1.807) is 0 Å². The second kappa shape index (κ2) is 7.67. The number of rotatable bonds is 4. The van der Waals surface area contributed by atoms with Crippen LogP contribution < -0.4 is 11.1 Å². The summed E-state index contributed by atoms with van der Waals surface area (Å²) in [4.78, 5) is 12.5. The summed E-state index contributed by atoms with van der Waals surface area (Å²) in [7, 11) is 0. The van der Waals surface area contributed by atoms with E-state index in [1.807, 2.05) is 30.3 Å². The van der Waals surface area contributed by atoms with Crippen LogP contribution in [-0.2, 0) is 4.79 Å². The summed E-state index contributed by atoms with van der Waals surface area (Å²) in [5, 5.41) is 14.9. The van der Waals surface area contributed by atoms with Gasteiger partial charge in [-0.15, -0.1) is 0 Å². The molecule has 0 saturated heterocycles. The van der Waals surface area contributed by atoms with Crippen LogP contribution in [0, 0.1) is 5.92 Å². The lowest BCUT2D eigenvalue weighted by Gasteiger charge is -2.21. The topological polar surface area (TPSA) is 87.7 Å². The van der Waals surface area contributed by atoms with Crippen LogP contribution in [-0.4, -0.2) is 17.0 Å². The standard InChI is InChI=1S/C16H23N3O2/c17-15(19-21)14(12-8-6-3-7-9-12)18-16(20)13-10-4-1-2-5-11-13/h3,6-9,13-14,21H,1-2,4-5,10-11H2,(H2,17,19)(H,18,20). The minimum absolute atomic E-state index is 0.00245. The van der Waals surface area contributed by atoms with Crippen LogP contribution >= 0.6 is 0 Å². The fourth-order valence-corrected chi connectivity index (χ4v) is 2.83. The van der Waals surface area contributed by atoms with Gasteiger partial charge >= 0.3 is 0 Å². The quantitative estimate of drug-likeness (QED) is 0.262. The van der Waals surface area contributed by atoms with Crippen LogP contribution in [0.15, 0.2) is 35.5 Å². The van der Waals surface area contributed by atoms with Gasteiger partial charge in [0, 0.05) is 5.92 Å². The second-order valence-corrected chi connectivity index (χ2v) is 5.57. The zero-order valence-corrected chi connectivity index (χ0v) is 12.2. The summed E-state index contributed by atoms with van der Waals surface area (Å²) >= 11 is 0. The van der Waals surface area contributed by atoms with Gasteiger partial charge in [0.2, 0.25) is 5.91 Å². The van der Waals surface area contributed by atoms with Crippen molar-refractivity contribution in [1.29, 1.82) is 0 Å². The molecule has 0 aliphatic heterocycles. The van der Waals surface area contributed by atoms with Crippen molar-refractivity contribution in [2.45, 2.75) is 44.6 Å². The highest BCUT2D eigenvalue weighted by Crippen LogP contribution is 2.24. The smallest absolute Gasteiger partial charge is 0.223 e. The first kappa shape index (κ1) is 15.4. The van der Waals surface area contributed by atoms with Gasteiger partial charge in [0.15, 0.2) is 5.84 Å². The summed E-state index contributed by atoms with van der Waals surface area (Å²) < 4.78 is 0. The molecule has 1 unspecified atom stereocenters.